The Kier molecular flexibility index (Phi) is 5.58. The zero-order valence-corrected chi connectivity index (χ0v) is 16.7. The fraction of sp³-hybridized carbons (Fsp3) is 0.136. The Bertz CT molecular complexity index is 1330. The summed E-state index contributed by atoms with van der Waals surface area (Å²) in [5.41, 5.74) is -0.253. The zero-order valence-electron chi connectivity index (χ0n) is 15.9. The van der Waals surface area contributed by atoms with Gasteiger partial charge in [-0.1, -0.05) is 24.3 Å². The van der Waals surface area contributed by atoms with E-state index in [4.69, 9.17) is 0 Å². The number of nitrogens with zero attached hydrogens (tertiary/aromatic N) is 2. The number of hydrogen-bond acceptors (Lipinski definition) is 4. The van der Waals surface area contributed by atoms with Gasteiger partial charge in [-0.05, 0) is 48.2 Å². The molecule has 2 aromatic heterocycles. The first-order valence-corrected chi connectivity index (χ1v) is 10.2. The molecule has 0 fully saturated rings. The van der Waals surface area contributed by atoms with Crippen molar-refractivity contribution in [3.8, 4) is 0 Å². The van der Waals surface area contributed by atoms with Crippen LogP contribution in [0, 0.1) is 5.82 Å². The first-order chi connectivity index (χ1) is 14.5. The highest BCUT2D eigenvalue weighted by Crippen LogP contribution is 2.12. The number of nitrogens with one attached hydrogen (secondary N) is 1. The maximum atomic E-state index is 13.4. The molecule has 0 atom stereocenters. The maximum Gasteiger partial charge on any atom is 0.331 e. The summed E-state index contributed by atoms with van der Waals surface area (Å²) in [6.45, 7) is -0.0797. The van der Waals surface area contributed by atoms with Crippen molar-refractivity contribution in [1.29, 1.82) is 0 Å². The Morgan fingerprint density at radius 3 is 2.60 bits per heavy atom. The van der Waals surface area contributed by atoms with Crippen molar-refractivity contribution in [2.24, 2.45) is 0 Å². The molecule has 30 heavy (non-hydrogen) atoms. The first-order valence-electron chi connectivity index (χ1n) is 9.33. The quantitative estimate of drug-likeness (QED) is 0.517. The Balaban J connectivity index is 1.70. The van der Waals surface area contributed by atoms with Crippen LogP contribution in [0.4, 0.5) is 10.1 Å². The minimum Gasteiger partial charge on any atom is -0.324 e. The number of carbonyl (C=O) groups excluding carboxylic acids is 1. The molecule has 4 aromatic rings. The van der Waals surface area contributed by atoms with Crippen molar-refractivity contribution in [2.45, 2.75) is 19.5 Å². The van der Waals surface area contributed by atoms with Gasteiger partial charge in [-0.15, -0.1) is 11.3 Å². The number of hydrogen-bond donors (Lipinski definition) is 1. The van der Waals surface area contributed by atoms with Gasteiger partial charge in [-0.3, -0.25) is 18.7 Å². The smallest absolute Gasteiger partial charge is 0.324 e. The number of aromatic nitrogens is 2. The van der Waals surface area contributed by atoms with Gasteiger partial charge in [0.2, 0.25) is 5.91 Å². The molecule has 1 N–H and O–H groups in total. The second-order valence-electron chi connectivity index (χ2n) is 6.73. The van der Waals surface area contributed by atoms with Gasteiger partial charge in [0.25, 0.3) is 5.56 Å². The van der Waals surface area contributed by atoms with Crippen LogP contribution in [0.2, 0.25) is 0 Å². The largest absolute Gasteiger partial charge is 0.331 e. The summed E-state index contributed by atoms with van der Waals surface area (Å²) < 4.78 is 15.8. The summed E-state index contributed by atoms with van der Waals surface area (Å²) in [6, 6.07) is 16.1. The van der Waals surface area contributed by atoms with Gasteiger partial charge in [0.05, 0.1) is 10.9 Å². The van der Waals surface area contributed by atoms with Crippen molar-refractivity contribution in [2.75, 3.05) is 5.32 Å². The number of thiophene rings is 1. The van der Waals surface area contributed by atoms with Crippen molar-refractivity contribution < 1.29 is 9.18 Å². The van der Waals surface area contributed by atoms with Crippen LogP contribution < -0.4 is 16.6 Å². The molecule has 0 aliphatic carbocycles. The van der Waals surface area contributed by atoms with Crippen LogP contribution >= 0.6 is 11.3 Å². The topological polar surface area (TPSA) is 73.1 Å². The van der Waals surface area contributed by atoms with Gasteiger partial charge in [-0.25, -0.2) is 9.18 Å². The molecule has 2 heterocycles. The molecule has 4 rings (SSSR count). The Hall–Kier alpha value is -3.52. The molecule has 0 saturated carbocycles. The van der Waals surface area contributed by atoms with E-state index in [-0.39, 0.29) is 18.6 Å². The Morgan fingerprint density at radius 2 is 1.83 bits per heavy atom. The highest BCUT2D eigenvalue weighted by atomic mass is 32.1. The number of rotatable bonds is 6. The second-order valence-corrected chi connectivity index (χ2v) is 7.76. The molecule has 0 unspecified atom stereocenters. The Labute approximate surface area is 174 Å². The highest BCUT2D eigenvalue weighted by molar-refractivity contribution is 7.09. The van der Waals surface area contributed by atoms with E-state index < -0.39 is 17.4 Å². The van der Waals surface area contributed by atoms with Crippen LogP contribution in [0.5, 0.6) is 0 Å². The van der Waals surface area contributed by atoms with E-state index in [9.17, 15) is 18.8 Å². The number of anilines is 1. The third-order valence-corrected chi connectivity index (χ3v) is 5.64. The normalized spacial score (nSPS) is 11.0. The van der Waals surface area contributed by atoms with Crippen LogP contribution in [-0.4, -0.2) is 15.0 Å². The lowest BCUT2D eigenvalue weighted by Crippen LogP contribution is -2.42. The fourth-order valence-electron chi connectivity index (χ4n) is 3.31. The molecule has 0 radical (unpaired) electrons. The predicted molar refractivity (Wildman–Crippen MR) is 116 cm³/mol. The van der Waals surface area contributed by atoms with Gasteiger partial charge in [0.15, 0.2) is 0 Å². The standard InChI is InChI=1S/C22H18FN3O3S/c23-15-5-3-6-16(13-15)24-20(27)14-26-19-9-2-1-8-18(19)21(28)25(22(26)29)11-10-17-7-4-12-30-17/h1-9,12-13H,10-11,14H2,(H,24,27). The molecule has 8 heteroatoms. The van der Waals surface area contributed by atoms with Gasteiger partial charge in [0, 0.05) is 17.1 Å². The van der Waals surface area contributed by atoms with Crippen LogP contribution in [0.15, 0.2) is 75.6 Å². The van der Waals surface area contributed by atoms with Crippen molar-refractivity contribution in [3.63, 3.8) is 0 Å². The van der Waals surface area contributed by atoms with Crippen molar-refractivity contribution in [3.05, 3.63) is 97.6 Å². The van der Waals surface area contributed by atoms with E-state index in [0.29, 0.717) is 23.0 Å². The SMILES string of the molecule is O=C(Cn1c(=O)n(CCc2cccs2)c(=O)c2ccccc21)Nc1cccc(F)c1. The summed E-state index contributed by atoms with van der Waals surface area (Å²) >= 11 is 1.56. The fourth-order valence-corrected chi connectivity index (χ4v) is 4.01. The third kappa shape index (κ3) is 4.08. The first kappa shape index (κ1) is 19.8. The number of halogens is 1. The predicted octanol–water partition coefficient (Wildman–Crippen LogP) is 3.25. The molecule has 0 saturated heterocycles. The van der Waals surface area contributed by atoms with E-state index in [1.807, 2.05) is 17.5 Å². The van der Waals surface area contributed by atoms with E-state index in [1.165, 1.54) is 22.8 Å². The molecular formula is C22H18FN3O3S. The second kappa shape index (κ2) is 8.46. The molecule has 0 spiro atoms. The molecular weight excluding hydrogens is 405 g/mol. The van der Waals surface area contributed by atoms with Gasteiger partial charge in [0.1, 0.15) is 12.4 Å². The highest BCUT2D eigenvalue weighted by Gasteiger charge is 2.15. The van der Waals surface area contributed by atoms with Crippen LogP contribution in [0.25, 0.3) is 10.9 Å². The molecule has 6 nitrogen and oxygen atoms in total. The monoisotopic (exact) mass is 423 g/mol. The minimum atomic E-state index is -0.551. The molecule has 1 amide bonds. The number of para-hydroxylation sites is 1. The maximum absolute atomic E-state index is 13.4. The average molecular weight is 423 g/mol. The lowest BCUT2D eigenvalue weighted by molar-refractivity contribution is -0.116. The number of amides is 1. The van der Waals surface area contributed by atoms with Crippen molar-refractivity contribution in [1.82, 2.24) is 9.13 Å². The Morgan fingerprint density at radius 1 is 1.00 bits per heavy atom. The minimum absolute atomic E-state index is 0.217. The van der Waals surface area contributed by atoms with Crippen LogP contribution in [0.1, 0.15) is 4.88 Å². The number of aryl methyl sites for hydroxylation is 1. The van der Waals surface area contributed by atoms with E-state index in [2.05, 4.69) is 5.32 Å². The summed E-state index contributed by atoms with van der Waals surface area (Å²) in [5.74, 6) is -0.964. The van der Waals surface area contributed by atoms with Gasteiger partial charge in [-0.2, -0.15) is 0 Å². The lowest BCUT2D eigenvalue weighted by atomic mass is 10.2. The average Bonchev–Trinajstić information content (AvgIpc) is 3.25. The summed E-state index contributed by atoms with van der Waals surface area (Å²) in [6.07, 6.45) is 0.542. The number of fused-ring (bicyclic) bond motifs is 1. The molecule has 0 aliphatic rings. The van der Waals surface area contributed by atoms with E-state index >= 15 is 0 Å². The van der Waals surface area contributed by atoms with Gasteiger partial charge < -0.3 is 5.32 Å². The van der Waals surface area contributed by atoms with E-state index in [1.54, 1.807) is 41.7 Å². The lowest BCUT2D eigenvalue weighted by Gasteiger charge is -2.14. The molecule has 0 aliphatic heterocycles. The number of carbonyl (C=O) groups is 1. The molecule has 152 valence electrons. The van der Waals surface area contributed by atoms with Crippen LogP contribution in [-0.2, 0) is 24.3 Å². The summed E-state index contributed by atoms with van der Waals surface area (Å²) in [7, 11) is 0. The zero-order chi connectivity index (χ0) is 21.1. The van der Waals surface area contributed by atoms with Gasteiger partial charge >= 0.3 is 5.69 Å². The van der Waals surface area contributed by atoms with Crippen LogP contribution in [0.3, 0.4) is 0 Å². The summed E-state index contributed by atoms with van der Waals surface area (Å²) in [5, 5.41) is 4.89. The van der Waals surface area contributed by atoms with E-state index in [0.717, 1.165) is 9.44 Å². The van der Waals surface area contributed by atoms with Crippen molar-refractivity contribution >= 4 is 33.8 Å². The summed E-state index contributed by atoms with van der Waals surface area (Å²) in [4.78, 5) is 39.6. The number of benzene rings is 2. The molecule has 0 bridgehead atoms. The third-order valence-electron chi connectivity index (χ3n) is 4.70. The molecule has 2 aromatic carbocycles.